The van der Waals surface area contributed by atoms with Crippen LogP contribution in [0.3, 0.4) is 0 Å². The van der Waals surface area contributed by atoms with Crippen LogP contribution in [0.4, 0.5) is 4.39 Å². The van der Waals surface area contributed by atoms with Gasteiger partial charge in [-0.1, -0.05) is 22.9 Å². The maximum absolute atomic E-state index is 13.3. The fraction of sp³-hybridized carbons (Fsp3) is 0.273. The summed E-state index contributed by atoms with van der Waals surface area (Å²) >= 11 is 3.30. The highest BCUT2D eigenvalue weighted by Gasteiger charge is 2.09. The van der Waals surface area contributed by atoms with Crippen molar-refractivity contribution in [3.05, 3.63) is 34.1 Å². The summed E-state index contributed by atoms with van der Waals surface area (Å²) in [4.78, 5) is 0. The second-order valence-corrected chi connectivity index (χ2v) is 3.89. The fourth-order valence-electron chi connectivity index (χ4n) is 1.18. The second kappa shape index (κ2) is 4.43. The van der Waals surface area contributed by atoms with Crippen LogP contribution in [0, 0.1) is 18.2 Å². The lowest BCUT2D eigenvalue weighted by atomic mass is 9.98. The van der Waals surface area contributed by atoms with Crippen LogP contribution < -0.4 is 0 Å². The van der Waals surface area contributed by atoms with Crippen molar-refractivity contribution >= 4 is 15.9 Å². The molecular weight excluding hydrogens is 231 g/mol. The molecule has 0 N–H and O–H groups in total. The maximum Gasteiger partial charge on any atom is 0.126 e. The minimum absolute atomic E-state index is 0.0718. The predicted molar refractivity (Wildman–Crippen MR) is 56.0 cm³/mol. The molecule has 0 heterocycles. The molecule has 1 rings (SSSR count). The standard InChI is InChI=1S/C11H10BrF/c1-3-4-8(2)10-7-9(12)5-6-11(10)13/h1,5-8H,4H2,2H3. The van der Waals surface area contributed by atoms with Gasteiger partial charge in [0.25, 0.3) is 0 Å². The van der Waals surface area contributed by atoms with Crippen molar-refractivity contribution < 1.29 is 4.39 Å². The summed E-state index contributed by atoms with van der Waals surface area (Å²) < 4.78 is 14.1. The smallest absolute Gasteiger partial charge is 0.126 e. The Labute approximate surface area is 86.3 Å². The SMILES string of the molecule is C#CCC(C)c1cc(Br)ccc1F. The Morgan fingerprint density at radius 3 is 2.92 bits per heavy atom. The van der Waals surface area contributed by atoms with Gasteiger partial charge >= 0.3 is 0 Å². The molecule has 0 fully saturated rings. The van der Waals surface area contributed by atoms with Gasteiger partial charge in [0.2, 0.25) is 0 Å². The van der Waals surface area contributed by atoms with Crippen molar-refractivity contribution in [3.63, 3.8) is 0 Å². The highest BCUT2D eigenvalue weighted by molar-refractivity contribution is 9.10. The van der Waals surface area contributed by atoms with E-state index in [0.29, 0.717) is 12.0 Å². The molecule has 68 valence electrons. The molecule has 0 aliphatic heterocycles. The summed E-state index contributed by atoms with van der Waals surface area (Å²) in [5, 5.41) is 0. The van der Waals surface area contributed by atoms with E-state index >= 15 is 0 Å². The highest BCUT2D eigenvalue weighted by Crippen LogP contribution is 2.24. The zero-order valence-electron chi connectivity index (χ0n) is 7.35. The average Bonchev–Trinajstić information content (AvgIpc) is 2.09. The molecule has 0 bridgehead atoms. The van der Waals surface area contributed by atoms with E-state index in [1.165, 1.54) is 6.07 Å². The molecule has 0 saturated carbocycles. The molecule has 0 aliphatic carbocycles. The first-order valence-electron chi connectivity index (χ1n) is 4.03. The van der Waals surface area contributed by atoms with Crippen LogP contribution in [0.2, 0.25) is 0 Å². The summed E-state index contributed by atoms with van der Waals surface area (Å²) in [6, 6.07) is 4.91. The monoisotopic (exact) mass is 240 g/mol. The lowest BCUT2D eigenvalue weighted by Gasteiger charge is -2.09. The molecule has 1 atom stereocenters. The van der Waals surface area contributed by atoms with Gasteiger partial charge in [0.1, 0.15) is 5.82 Å². The molecule has 2 heteroatoms. The van der Waals surface area contributed by atoms with Crippen LogP contribution in [0.15, 0.2) is 22.7 Å². The summed E-state index contributed by atoms with van der Waals surface area (Å²) in [5.74, 6) is 2.41. The van der Waals surface area contributed by atoms with Gasteiger partial charge in [-0.2, -0.15) is 0 Å². The van der Waals surface area contributed by atoms with Crippen LogP contribution in [0.1, 0.15) is 24.8 Å². The highest BCUT2D eigenvalue weighted by atomic mass is 79.9. The first-order valence-corrected chi connectivity index (χ1v) is 4.83. The van der Waals surface area contributed by atoms with E-state index in [1.54, 1.807) is 12.1 Å². The molecule has 1 aromatic rings. The number of hydrogen-bond donors (Lipinski definition) is 0. The van der Waals surface area contributed by atoms with Gasteiger partial charge in [-0.3, -0.25) is 0 Å². The summed E-state index contributed by atoms with van der Waals surface area (Å²) in [6.07, 6.45) is 5.73. The van der Waals surface area contributed by atoms with Crippen LogP contribution in [0.25, 0.3) is 0 Å². The van der Waals surface area contributed by atoms with E-state index in [1.807, 2.05) is 6.92 Å². The molecule has 0 aliphatic rings. The molecule has 1 aromatic carbocycles. The van der Waals surface area contributed by atoms with Gasteiger partial charge in [-0.05, 0) is 29.7 Å². The Hall–Kier alpha value is -0.810. The third-order valence-corrected chi connectivity index (χ3v) is 2.41. The summed E-state index contributed by atoms with van der Waals surface area (Å²) in [5.41, 5.74) is 0.673. The van der Waals surface area contributed by atoms with Gasteiger partial charge in [0.15, 0.2) is 0 Å². The first kappa shape index (κ1) is 10.3. The molecule has 0 radical (unpaired) electrons. The summed E-state index contributed by atoms with van der Waals surface area (Å²) in [7, 11) is 0. The lowest BCUT2D eigenvalue weighted by Crippen LogP contribution is -1.96. The predicted octanol–water partition coefficient (Wildman–Crippen LogP) is 3.72. The number of rotatable bonds is 2. The second-order valence-electron chi connectivity index (χ2n) is 2.98. The van der Waals surface area contributed by atoms with E-state index in [2.05, 4.69) is 21.9 Å². The summed E-state index contributed by atoms with van der Waals surface area (Å²) in [6.45, 7) is 1.92. The van der Waals surface area contributed by atoms with Gasteiger partial charge in [0.05, 0.1) is 0 Å². The first-order chi connectivity index (χ1) is 6.15. The normalized spacial score (nSPS) is 12.2. The lowest BCUT2D eigenvalue weighted by molar-refractivity contribution is 0.591. The zero-order chi connectivity index (χ0) is 9.84. The minimum Gasteiger partial charge on any atom is -0.207 e. The third-order valence-electron chi connectivity index (χ3n) is 1.91. The molecule has 0 nitrogen and oxygen atoms in total. The number of halogens is 2. The van der Waals surface area contributed by atoms with E-state index in [9.17, 15) is 4.39 Å². The molecular formula is C11H10BrF. The molecule has 1 unspecified atom stereocenters. The Morgan fingerprint density at radius 2 is 2.31 bits per heavy atom. The molecule has 0 aromatic heterocycles. The van der Waals surface area contributed by atoms with Crippen molar-refractivity contribution in [2.75, 3.05) is 0 Å². The van der Waals surface area contributed by atoms with Crippen molar-refractivity contribution in [2.45, 2.75) is 19.3 Å². The minimum atomic E-state index is -0.189. The van der Waals surface area contributed by atoms with Crippen LogP contribution >= 0.6 is 15.9 Å². The van der Waals surface area contributed by atoms with Crippen LogP contribution in [-0.4, -0.2) is 0 Å². The van der Waals surface area contributed by atoms with Crippen LogP contribution in [0.5, 0.6) is 0 Å². The fourth-order valence-corrected chi connectivity index (χ4v) is 1.56. The van der Waals surface area contributed by atoms with Gasteiger partial charge in [0, 0.05) is 10.9 Å². The van der Waals surface area contributed by atoms with E-state index < -0.39 is 0 Å². The number of terminal acetylenes is 1. The topological polar surface area (TPSA) is 0 Å². The van der Waals surface area contributed by atoms with Gasteiger partial charge in [-0.15, -0.1) is 12.3 Å². The van der Waals surface area contributed by atoms with E-state index in [4.69, 9.17) is 6.42 Å². The molecule has 13 heavy (non-hydrogen) atoms. The van der Waals surface area contributed by atoms with E-state index in [-0.39, 0.29) is 11.7 Å². The van der Waals surface area contributed by atoms with Crippen molar-refractivity contribution in [2.24, 2.45) is 0 Å². The zero-order valence-corrected chi connectivity index (χ0v) is 8.94. The average molecular weight is 241 g/mol. The quantitative estimate of drug-likeness (QED) is 0.692. The molecule has 0 amide bonds. The Kier molecular flexibility index (Phi) is 3.50. The molecule has 0 saturated heterocycles. The van der Waals surface area contributed by atoms with Gasteiger partial charge < -0.3 is 0 Å². The Balaban J connectivity index is 3.00. The van der Waals surface area contributed by atoms with Crippen molar-refractivity contribution in [1.29, 1.82) is 0 Å². The van der Waals surface area contributed by atoms with Crippen LogP contribution in [-0.2, 0) is 0 Å². The van der Waals surface area contributed by atoms with Gasteiger partial charge in [-0.25, -0.2) is 4.39 Å². The Bertz CT molecular complexity index is 338. The number of benzene rings is 1. The van der Waals surface area contributed by atoms with E-state index in [0.717, 1.165) is 4.47 Å². The largest absolute Gasteiger partial charge is 0.207 e. The van der Waals surface area contributed by atoms with Crippen molar-refractivity contribution in [3.8, 4) is 12.3 Å². The Morgan fingerprint density at radius 1 is 1.62 bits per heavy atom. The number of hydrogen-bond acceptors (Lipinski definition) is 0. The third kappa shape index (κ3) is 2.57. The van der Waals surface area contributed by atoms with Crippen molar-refractivity contribution in [1.82, 2.24) is 0 Å². The molecule has 0 spiro atoms. The maximum atomic E-state index is 13.3.